The van der Waals surface area contributed by atoms with Crippen LogP contribution < -0.4 is 0 Å². The molecule has 1 saturated carbocycles. The van der Waals surface area contributed by atoms with Crippen molar-refractivity contribution in [3.8, 4) is 0 Å². The Balaban J connectivity index is 1.90. The topological polar surface area (TPSA) is 9.23 Å². The summed E-state index contributed by atoms with van der Waals surface area (Å²) in [5, 5.41) is 0. The van der Waals surface area contributed by atoms with Crippen LogP contribution in [0.2, 0.25) is 0 Å². The van der Waals surface area contributed by atoms with Crippen LogP contribution in [0.5, 0.6) is 0 Å². The lowest BCUT2D eigenvalue weighted by Gasteiger charge is -2.46. The van der Waals surface area contributed by atoms with E-state index in [9.17, 15) is 0 Å². The van der Waals surface area contributed by atoms with E-state index in [0.29, 0.717) is 5.60 Å². The lowest BCUT2D eigenvalue weighted by Crippen LogP contribution is -2.46. The van der Waals surface area contributed by atoms with Crippen molar-refractivity contribution in [1.29, 1.82) is 0 Å². The Hall–Kier alpha value is -0.0400. The van der Waals surface area contributed by atoms with Crippen molar-refractivity contribution in [2.75, 3.05) is 6.61 Å². The van der Waals surface area contributed by atoms with Gasteiger partial charge in [-0.15, -0.1) is 0 Å². The number of hydrogen-bond donors (Lipinski definition) is 0. The third-order valence-corrected chi connectivity index (χ3v) is 3.15. The van der Waals surface area contributed by atoms with Gasteiger partial charge in [0.1, 0.15) is 0 Å². The van der Waals surface area contributed by atoms with Gasteiger partial charge < -0.3 is 4.74 Å². The third-order valence-electron chi connectivity index (χ3n) is 3.15. The van der Waals surface area contributed by atoms with Crippen LogP contribution >= 0.6 is 0 Å². The van der Waals surface area contributed by atoms with Gasteiger partial charge in [0.25, 0.3) is 0 Å². The maximum Gasteiger partial charge on any atom is 0.0704 e. The molecule has 1 aliphatic carbocycles. The van der Waals surface area contributed by atoms with E-state index in [2.05, 4.69) is 6.92 Å². The molecule has 0 N–H and O–H groups in total. The van der Waals surface area contributed by atoms with Crippen LogP contribution in [-0.2, 0) is 4.74 Å². The minimum absolute atomic E-state index is 0.381. The predicted octanol–water partition coefficient (Wildman–Crippen LogP) is 2.36. The summed E-state index contributed by atoms with van der Waals surface area (Å²) >= 11 is 0. The summed E-state index contributed by atoms with van der Waals surface area (Å²) < 4.78 is 5.61. The largest absolute Gasteiger partial charge is 0.375 e. The molecule has 0 amide bonds. The van der Waals surface area contributed by atoms with Crippen molar-refractivity contribution in [2.45, 2.75) is 44.6 Å². The van der Waals surface area contributed by atoms with E-state index in [1.54, 1.807) is 0 Å². The molecule has 10 heavy (non-hydrogen) atoms. The van der Waals surface area contributed by atoms with Gasteiger partial charge in [0.15, 0.2) is 0 Å². The molecule has 1 spiro atoms. The van der Waals surface area contributed by atoms with Crippen molar-refractivity contribution in [1.82, 2.24) is 0 Å². The average Bonchev–Trinajstić information content (AvgIpc) is 1.86. The van der Waals surface area contributed by atoms with Crippen LogP contribution in [0.4, 0.5) is 0 Å². The van der Waals surface area contributed by atoms with Gasteiger partial charge in [-0.2, -0.15) is 0 Å². The maximum atomic E-state index is 5.61. The van der Waals surface area contributed by atoms with Crippen molar-refractivity contribution >= 4 is 0 Å². The van der Waals surface area contributed by atoms with Gasteiger partial charge in [0.2, 0.25) is 0 Å². The smallest absolute Gasteiger partial charge is 0.0704 e. The molecule has 1 nitrogen and oxygen atoms in total. The summed E-state index contributed by atoms with van der Waals surface area (Å²) in [4.78, 5) is 0. The number of rotatable bonds is 0. The SMILES string of the molecule is C[C@H]1CC[C@@]2(CCO2)CC1. The number of hydrogen-bond acceptors (Lipinski definition) is 1. The molecule has 1 aliphatic heterocycles. The Morgan fingerprint density at radius 1 is 1.20 bits per heavy atom. The molecule has 1 saturated heterocycles. The highest BCUT2D eigenvalue weighted by Crippen LogP contribution is 2.42. The Morgan fingerprint density at radius 3 is 2.20 bits per heavy atom. The summed E-state index contributed by atoms with van der Waals surface area (Å²) in [6, 6.07) is 0. The monoisotopic (exact) mass is 140 g/mol. The molecule has 0 atom stereocenters. The highest BCUT2D eigenvalue weighted by molar-refractivity contribution is 4.91. The molecule has 0 aromatic rings. The number of ether oxygens (including phenoxy) is 1. The minimum Gasteiger partial charge on any atom is -0.375 e. The van der Waals surface area contributed by atoms with Gasteiger partial charge in [-0.1, -0.05) is 6.92 Å². The van der Waals surface area contributed by atoms with Crippen LogP contribution in [0.15, 0.2) is 0 Å². The second kappa shape index (κ2) is 2.23. The van der Waals surface area contributed by atoms with Crippen molar-refractivity contribution in [2.24, 2.45) is 5.92 Å². The molecule has 1 heteroatoms. The Bertz CT molecular complexity index is 117. The zero-order chi connectivity index (χ0) is 7.03. The molecule has 0 aromatic carbocycles. The second-order valence-corrected chi connectivity index (χ2v) is 3.96. The van der Waals surface area contributed by atoms with Crippen molar-refractivity contribution in [3.05, 3.63) is 0 Å². The normalized spacial score (nSPS) is 47.1. The molecule has 0 bridgehead atoms. The molecular weight excluding hydrogens is 124 g/mol. The molecule has 2 rings (SSSR count). The zero-order valence-corrected chi connectivity index (χ0v) is 6.73. The van der Waals surface area contributed by atoms with Crippen LogP contribution in [0, 0.1) is 5.92 Å². The lowest BCUT2D eigenvalue weighted by molar-refractivity contribution is -0.169. The molecule has 2 fully saturated rings. The summed E-state index contributed by atoms with van der Waals surface area (Å²) in [6.45, 7) is 3.37. The fourth-order valence-corrected chi connectivity index (χ4v) is 2.07. The first-order valence-corrected chi connectivity index (χ1v) is 4.45. The lowest BCUT2D eigenvalue weighted by atomic mass is 9.75. The quantitative estimate of drug-likeness (QED) is 0.502. The van der Waals surface area contributed by atoms with E-state index in [1.807, 2.05) is 0 Å². The highest BCUT2D eigenvalue weighted by atomic mass is 16.5. The van der Waals surface area contributed by atoms with Crippen LogP contribution in [0.25, 0.3) is 0 Å². The van der Waals surface area contributed by atoms with E-state index in [1.165, 1.54) is 32.1 Å². The van der Waals surface area contributed by atoms with Crippen molar-refractivity contribution < 1.29 is 4.74 Å². The summed E-state index contributed by atoms with van der Waals surface area (Å²) in [5.74, 6) is 0.954. The highest BCUT2D eigenvalue weighted by Gasteiger charge is 2.40. The van der Waals surface area contributed by atoms with Gasteiger partial charge in [-0.05, 0) is 38.0 Å². The third kappa shape index (κ3) is 0.968. The van der Waals surface area contributed by atoms with E-state index in [0.717, 1.165) is 12.5 Å². The van der Waals surface area contributed by atoms with Gasteiger partial charge in [-0.25, -0.2) is 0 Å². The maximum absolute atomic E-state index is 5.61. The molecule has 0 radical (unpaired) electrons. The summed E-state index contributed by atoms with van der Waals surface area (Å²) in [7, 11) is 0. The Labute approximate surface area is 62.8 Å². The fraction of sp³-hybridized carbons (Fsp3) is 1.00. The molecular formula is C9H16O. The molecule has 58 valence electrons. The molecule has 1 heterocycles. The van der Waals surface area contributed by atoms with E-state index in [4.69, 9.17) is 4.74 Å². The first-order valence-electron chi connectivity index (χ1n) is 4.45. The summed E-state index contributed by atoms with van der Waals surface area (Å²) in [5.41, 5.74) is 0.381. The first kappa shape index (κ1) is 6.66. The second-order valence-electron chi connectivity index (χ2n) is 3.96. The van der Waals surface area contributed by atoms with Crippen LogP contribution in [-0.4, -0.2) is 12.2 Å². The van der Waals surface area contributed by atoms with Gasteiger partial charge in [0.05, 0.1) is 12.2 Å². The average molecular weight is 140 g/mol. The van der Waals surface area contributed by atoms with Gasteiger partial charge in [-0.3, -0.25) is 0 Å². The Morgan fingerprint density at radius 2 is 1.80 bits per heavy atom. The first-order chi connectivity index (χ1) is 4.81. The van der Waals surface area contributed by atoms with Gasteiger partial charge >= 0.3 is 0 Å². The van der Waals surface area contributed by atoms with E-state index in [-0.39, 0.29) is 0 Å². The van der Waals surface area contributed by atoms with Crippen LogP contribution in [0.1, 0.15) is 39.0 Å². The minimum atomic E-state index is 0.381. The molecule has 0 aromatic heterocycles. The molecule has 0 unspecified atom stereocenters. The Kier molecular flexibility index (Phi) is 1.48. The van der Waals surface area contributed by atoms with Crippen LogP contribution in [0.3, 0.4) is 0 Å². The van der Waals surface area contributed by atoms with E-state index < -0.39 is 0 Å². The van der Waals surface area contributed by atoms with E-state index >= 15 is 0 Å². The molecule has 2 aliphatic rings. The standard InChI is InChI=1S/C9H16O/c1-8-2-4-9(5-3-8)6-7-10-9/h8H,2-7H2,1H3/t8-,9-. The zero-order valence-electron chi connectivity index (χ0n) is 6.73. The summed E-state index contributed by atoms with van der Waals surface area (Å²) in [6.07, 6.45) is 6.77. The predicted molar refractivity (Wildman–Crippen MR) is 40.9 cm³/mol. The fourth-order valence-electron chi connectivity index (χ4n) is 2.07. The van der Waals surface area contributed by atoms with Gasteiger partial charge in [0, 0.05) is 0 Å². The van der Waals surface area contributed by atoms with Crippen molar-refractivity contribution in [3.63, 3.8) is 0 Å².